The monoisotopic (exact) mass is 434 g/mol. The molecule has 3 aliphatic rings. The number of amides is 2. The van der Waals surface area contributed by atoms with E-state index < -0.39 is 15.9 Å². The second-order valence-electron chi connectivity index (χ2n) is 7.82. The summed E-state index contributed by atoms with van der Waals surface area (Å²) in [5.41, 5.74) is 1.42. The van der Waals surface area contributed by atoms with Crippen LogP contribution >= 0.6 is 0 Å². The number of methoxy groups -OCH3 is 1. The maximum atomic E-state index is 13.0. The number of piperazine rings is 1. The number of benzene rings is 1. The zero-order valence-electron chi connectivity index (χ0n) is 17.0. The minimum absolute atomic E-state index is 0.0631. The fourth-order valence-electron chi connectivity index (χ4n) is 4.12. The lowest BCUT2D eigenvalue weighted by Crippen LogP contribution is -2.52. The van der Waals surface area contributed by atoms with E-state index in [1.165, 1.54) is 5.01 Å². The van der Waals surface area contributed by atoms with Crippen LogP contribution in [0.3, 0.4) is 0 Å². The van der Waals surface area contributed by atoms with E-state index in [0.29, 0.717) is 44.7 Å². The molecule has 3 heterocycles. The smallest absolute Gasteiger partial charge is 0.270 e. The highest BCUT2D eigenvalue weighted by Gasteiger charge is 2.38. The van der Waals surface area contributed by atoms with Crippen molar-refractivity contribution < 1.29 is 22.7 Å². The van der Waals surface area contributed by atoms with Gasteiger partial charge in [-0.1, -0.05) is 0 Å². The van der Waals surface area contributed by atoms with Gasteiger partial charge in [-0.05, 0) is 30.7 Å². The van der Waals surface area contributed by atoms with Gasteiger partial charge in [-0.15, -0.1) is 0 Å². The summed E-state index contributed by atoms with van der Waals surface area (Å²) in [6.45, 7) is 2.54. The Morgan fingerprint density at radius 2 is 1.80 bits per heavy atom. The first-order valence-electron chi connectivity index (χ1n) is 10.1. The maximum Gasteiger partial charge on any atom is 0.270 e. The highest BCUT2D eigenvalue weighted by atomic mass is 32.2. The normalized spacial score (nSPS) is 24.0. The number of ether oxygens (including phenoxy) is 1. The minimum Gasteiger partial charge on any atom is -0.497 e. The number of nitrogens with zero attached hydrogens (tertiary/aromatic N) is 4. The fraction of sp³-hybridized carbons (Fsp3) is 0.550. The summed E-state index contributed by atoms with van der Waals surface area (Å²) in [5.74, 6) is 0.412. The Balaban J connectivity index is 1.39. The molecule has 0 spiro atoms. The average molecular weight is 435 g/mol. The second-order valence-corrected chi connectivity index (χ2v) is 10.0. The number of hydrazone groups is 1. The predicted molar refractivity (Wildman–Crippen MR) is 112 cm³/mol. The summed E-state index contributed by atoms with van der Waals surface area (Å²) >= 11 is 0. The van der Waals surface area contributed by atoms with Crippen LogP contribution in [-0.4, -0.2) is 86.7 Å². The van der Waals surface area contributed by atoms with Crippen molar-refractivity contribution in [2.45, 2.75) is 25.3 Å². The maximum absolute atomic E-state index is 13.0. The minimum atomic E-state index is -3.14. The van der Waals surface area contributed by atoms with Gasteiger partial charge in [0, 0.05) is 44.7 Å². The summed E-state index contributed by atoms with van der Waals surface area (Å²) in [7, 11) is -1.50. The molecular weight excluding hydrogens is 408 g/mol. The van der Waals surface area contributed by atoms with Gasteiger partial charge in [-0.25, -0.2) is 13.4 Å². The van der Waals surface area contributed by atoms with Crippen molar-refractivity contribution in [2.24, 2.45) is 5.10 Å². The largest absolute Gasteiger partial charge is 0.497 e. The molecule has 1 atom stereocenters. The Kier molecular flexibility index (Phi) is 5.68. The Bertz CT molecular complexity index is 952. The van der Waals surface area contributed by atoms with E-state index in [4.69, 9.17) is 4.74 Å². The molecule has 2 saturated heterocycles. The molecule has 1 aromatic rings. The van der Waals surface area contributed by atoms with Crippen LogP contribution in [0.4, 0.5) is 5.69 Å². The second kappa shape index (κ2) is 8.25. The van der Waals surface area contributed by atoms with Gasteiger partial charge in [0.15, 0.2) is 9.84 Å². The number of anilines is 1. The molecular formula is C20H26N4O5S. The predicted octanol–water partition coefficient (Wildman–Crippen LogP) is 0.509. The molecule has 2 fully saturated rings. The lowest BCUT2D eigenvalue weighted by molar-refractivity contribution is -0.134. The standard InChI is InChI=1S/C20H26N4O5S/c1-29-17-4-2-15(3-5-17)22-9-11-23(12-10-22)20(26)18-6-7-19(25)24(21-18)16-8-13-30(27,28)14-16/h2-5,16H,6-14H2,1H3. The van der Waals surface area contributed by atoms with Gasteiger partial charge < -0.3 is 14.5 Å². The molecule has 0 bridgehead atoms. The van der Waals surface area contributed by atoms with Gasteiger partial charge in [0.1, 0.15) is 11.5 Å². The molecule has 0 radical (unpaired) electrons. The van der Waals surface area contributed by atoms with Crippen LogP contribution in [0.2, 0.25) is 0 Å². The summed E-state index contributed by atoms with van der Waals surface area (Å²) in [4.78, 5) is 29.2. The number of carbonyl (C=O) groups excluding carboxylic acids is 2. The molecule has 10 heteroatoms. The Morgan fingerprint density at radius 1 is 1.10 bits per heavy atom. The van der Waals surface area contributed by atoms with Crippen molar-refractivity contribution in [3.63, 3.8) is 0 Å². The molecule has 9 nitrogen and oxygen atoms in total. The molecule has 4 rings (SSSR count). The van der Waals surface area contributed by atoms with Crippen molar-refractivity contribution in [3.8, 4) is 5.75 Å². The highest BCUT2D eigenvalue weighted by Crippen LogP contribution is 2.24. The molecule has 0 aromatic heterocycles. The lowest BCUT2D eigenvalue weighted by Gasteiger charge is -2.37. The molecule has 162 valence electrons. The van der Waals surface area contributed by atoms with Gasteiger partial charge in [0.05, 0.1) is 24.7 Å². The molecule has 2 amide bonds. The first-order chi connectivity index (χ1) is 14.4. The van der Waals surface area contributed by atoms with Gasteiger partial charge in [0.25, 0.3) is 5.91 Å². The molecule has 1 unspecified atom stereocenters. The zero-order chi connectivity index (χ0) is 21.3. The van der Waals surface area contributed by atoms with Crippen molar-refractivity contribution in [1.29, 1.82) is 0 Å². The number of hydrogen-bond donors (Lipinski definition) is 0. The van der Waals surface area contributed by atoms with Crippen LogP contribution in [0, 0.1) is 0 Å². The number of carbonyl (C=O) groups is 2. The lowest BCUT2D eigenvalue weighted by atomic mass is 10.1. The summed E-state index contributed by atoms with van der Waals surface area (Å²) in [6, 6.07) is 7.37. The van der Waals surface area contributed by atoms with Crippen LogP contribution in [0.15, 0.2) is 29.4 Å². The van der Waals surface area contributed by atoms with Crippen LogP contribution in [0.5, 0.6) is 5.75 Å². The Labute approximate surface area is 176 Å². The Hall–Kier alpha value is -2.62. The van der Waals surface area contributed by atoms with Gasteiger partial charge in [0.2, 0.25) is 5.91 Å². The zero-order valence-corrected chi connectivity index (χ0v) is 17.8. The molecule has 3 aliphatic heterocycles. The third-order valence-electron chi connectivity index (χ3n) is 5.87. The van der Waals surface area contributed by atoms with E-state index in [2.05, 4.69) is 10.0 Å². The van der Waals surface area contributed by atoms with Crippen molar-refractivity contribution in [1.82, 2.24) is 9.91 Å². The van der Waals surface area contributed by atoms with Gasteiger partial charge in [-0.2, -0.15) is 5.10 Å². The summed E-state index contributed by atoms with van der Waals surface area (Å²) < 4.78 is 28.7. The SMILES string of the molecule is COc1ccc(N2CCN(C(=O)C3=NN(C4CCS(=O)(=O)C4)C(=O)CC3)CC2)cc1. The van der Waals surface area contributed by atoms with E-state index in [1.807, 2.05) is 24.3 Å². The fourth-order valence-corrected chi connectivity index (χ4v) is 5.81. The van der Waals surface area contributed by atoms with Crippen LogP contribution in [-0.2, 0) is 19.4 Å². The van der Waals surface area contributed by atoms with Gasteiger partial charge >= 0.3 is 0 Å². The number of hydrogen-bond acceptors (Lipinski definition) is 7. The molecule has 1 aromatic carbocycles. The topological polar surface area (TPSA) is 99.6 Å². The molecule has 0 aliphatic carbocycles. The van der Waals surface area contributed by atoms with Crippen molar-refractivity contribution >= 4 is 33.1 Å². The summed E-state index contributed by atoms with van der Waals surface area (Å²) in [6.07, 6.45) is 0.860. The quantitative estimate of drug-likeness (QED) is 0.685. The molecule has 0 saturated carbocycles. The van der Waals surface area contributed by atoms with E-state index in [0.717, 1.165) is 11.4 Å². The average Bonchev–Trinajstić information content (AvgIpc) is 3.13. The number of rotatable bonds is 4. The van der Waals surface area contributed by atoms with Crippen molar-refractivity contribution in [3.05, 3.63) is 24.3 Å². The molecule has 30 heavy (non-hydrogen) atoms. The number of sulfone groups is 1. The van der Waals surface area contributed by atoms with Gasteiger partial charge in [-0.3, -0.25) is 9.59 Å². The van der Waals surface area contributed by atoms with Crippen molar-refractivity contribution in [2.75, 3.05) is 49.7 Å². The first-order valence-corrected chi connectivity index (χ1v) is 12.0. The van der Waals surface area contributed by atoms with E-state index in [-0.39, 0.29) is 29.7 Å². The van der Waals surface area contributed by atoms with E-state index in [1.54, 1.807) is 12.0 Å². The first kappa shape index (κ1) is 20.6. The Morgan fingerprint density at radius 3 is 2.40 bits per heavy atom. The highest BCUT2D eigenvalue weighted by molar-refractivity contribution is 7.91. The third kappa shape index (κ3) is 4.28. The van der Waals surface area contributed by atoms with Crippen LogP contribution in [0.25, 0.3) is 0 Å². The van der Waals surface area contributed by atoms with E-state index in [9.17, 15) is 18.0 Å². The third-order valence-corrected chi connectivity index (χ3v) is 7.62. The van der Waals surface area contributed by atoms with Crippen LogP contribution in [0.1, 0.15) is 19.3 Å². The molecule has 0 N–H and O–H groups in total. The van der Waals surface area contributed by atoms with Crippen LogP contribution < -0.4 is 9.64 Å². The summed E-state index contributed by atoms with van der Waals surface area (Å²) in [5, 5.41) is 5.54. The van der Waals surface area contributed by atoms with E-state index >= 15 is 0 Å².